The number of hydrogen-bond acceptors (Lipinski definition) is 6. The number of hydrogen-bond donors (Lipinski definition) is 2. The van der Waals surface area contributed by atoms with Crippen LogP contribution in [-0.4, -0.2) is 46.4 Å². The van der Waals surface area contributed by atoms with Gasteiger partial charge in [-0.05, 0) is 62.8 Å². The van der Waals surface area contributed by atoms with Crippen molar-refractivity contribution in [2.45, 2.75) is 90.0 Å². The van der Waals surface area contributed by atoms with Crippen LogP contribution in [0.4, 0.5) is 26.3 Å². The normalized spacial score (nSPS) is 18.6. The summed E-state index contributed by atoms with van der Waals surface area (Å²) in [5.41, 5.74) is -1.23. The number of aliphatic hydroxyl groups excluding tert-OH is 1. The highest BCUT2D eigenvalue weighted by Crippen LogP contribution is 2.40. The van der Waals surface area contributed by atoms with E-state index in [1.165, 1.54) is 24.3 Å². The van der Waals surface area contributed by atoms with Gasteiger partial charge in [-0.25, -0.2) is 0 Å². The minimum absolute atomic E-state index is 0.0233. The smallest absolute Gasteiger partial charge is 0.416 e. The number of amides is 1. The lowest BCUT2D eigenvalue weighted by molar-refractivity contribution is -0.167. The zero-order chi connectivity index (χ0) is 34.0. The third-order valence-corrected chi connectivity index (χ3v) is 7.91. The molecular formula is C33H36F6N2O5. The number of aliphatic hydroxyl groups is 1. The molecule has 2 aromatic carbocycles. The molecule has 1 amide bonds. The molecule has 0 aromatic heterocycles. The summed E-state index contributed by atoms with van der Waals surface area (Å²) in [4.78, 5) is 45.0. The minimum Gasteiger partial charge on any atom is -0.460 e. The van der Waals surface area contributed by atoms with Crippen LogP contribution in [0.25, 0.3) is 0 Å². The van der Waals surface area contributed by atoms with Gasteiger partial charge in [0.15, 0.2) is 11.9 Å². The number of halogens is 6. The standard InChI is InChI=1S/C33H36F6N2O5/c1-31(2,3)46-30(45)25(14-18-10-11-18)23(12-13-32(34,35)36)29(44)41-28-26(43)16-24-20(17-42)7-5-9-22(24)27(40-28)19-6-4-8-21(15-19)33(37,38)39/h4-9,15,18,23,25,28,42H,10-14,16-17H2,1-3H3,(H,41,44)/t23-,25+,28+/m1/s1. The fourth-order valence-corrected chi connectivity index (χ4v) is 5.53. The Balaban J connectivity index is 1.76. The maximum absolute atomic E-state index is 13.8. The first kappa shape index (κ1) is 35.1. The van der Waals surface area contributed by atoms with Crippen molar-refractivity contribution in [1.82, 2.24) is 5.32 Å². The van der Waals surface area contributed by atoms with Gasteiger partial charge in [0, 0.05) is 24.0 Å². The predicted molar refractivity (Wildman–Crippen MR) is 156 cm³/mol. The van der Waals surface area contributed by atoms with Crippen molar-refractivity contribution >= 4 is 23.4 Å². The molecule has 0 bridgehead atoms. The first-order chi connectivity index (χ1) is 21.4. The molecule has 13 heteroatoms. The van der Waals surface area contributed by atoms with Crippen molar-refractivity contribution in [2.24, 2.45) is 22.7 Å². The highest BCUT2D eigenvalue weighted by atomic mass is 19.4. The number of alkyl halides is 6. The molecule has 0 saturated heterocycles. The molecule has 0 radical (unpaired) electrons. The number of Topliss-reactive ketones (excluding diaryl/α,β-unsaturated/α-hetero) is 1. The molecule has 3 atom stereocenters. The maximum Gasteiger partial charge on any atom is 0.416 e. The molecule has 4 rings (SSSR count). The molecule has 1 heterocycles. The highest BCUT2D eigenvalue weighted by Gasteiger charge is 2.43. The van der Waals surface area contributed by atoms with Gasteiger partial charge >= 0.3 is 18.3 Å². The van der Waals surface area contributed by atoms with Crippen LogP contribution in [0.2, 0.25) is 0 Å². The second-order valence-electron chi connectivity index (χ2n) is 12.8. The Hall–Kier alpha value is -3.74. The Morgan fingerprint density at radius 3 is 2.28 bits per heavy atom. The van der Waals surface area contributed by atoms with Gasteiger partial charge in [0.05, 0.1) is 29.7 Å². The number of carbonyl (C=O) groups excluding carboxylic acids is 3. The molecule has 7 nitrogen and oxygen atoms in total. The Bertz CT molecular complexity index is 1490. The van der Waals surface area contributed by atoms with Crippen molar-refractivity contribution in [2.75, 3.05) is 0 Å². The van der Waals surface area contributed by atoms with Crippen molar-refractivity contribution in [3.63, 3.8) is 0 Å². The van der Waals surface area contributed by atoms with E-state index < -0.39 is 78.6 Å². The van der Waals surface area contributed by atoms with Crippen LogP contribution < -0.4 is 5.32 Å². The van der Waals surface area contributed by atoms with Crippen molar-refractivity contribution < 1.29 is 50.6 Å². The van der Waals surface area contributed by atoms with Crippen LogP contribution in [0.3, 0.4) is 0 Å². The molecule has 2 N–H and O–H groups in total. The van der Waals surface area contributed by atoms with Gasteiger partial charge in [0.25, 0.3) is 0 Å². The first-order valence-corrected chi connectivity index (χ1v) is 15.0. The van der Waals surface area contributed by atoms with E-state index in [1.807, 2.05) is 0 Å². The topological polar surface area (TPSA) is 105 Å². The summed E-state index contributed by atoms with van der Waals surface area (Å²) in [6.45, 7) is 4.28. The van der Waals surface area contributed by atoms with Crippen LogP contribution >= 0.6 is 0 Å². The summed E-state index contributed by atoms with van der Waals surface area (Å²) in [7, 11) is 0. The first-order valence-electron chi connectivity index (χ1n) is 15.0. The van der Waals surface area contributed by atoms with E-state index in [1.54, 1.807) is 20.8 Å². The van der Waals surface area contributed by atoms with E-state index in [0.29, 0.717) is 5.56 Å². The number of nitrogens with one attached hydrogen (secondary N) is 1. The summed E-state index contributed by atoms with van der Waals surface area (Å²) < 4.78 is 86.6. The second kappa shape index (κ2) is 13.5. The number of ether oxygens (including phenoxy) is 1. The van der Waals surface area contributed by atoms with E-state index in [0.717, 1.165) is 31.0 Å². The minimum atomic E-state index is -4.70. The number of rotatable bonds is 10. The van der Waals surface area contributed by atoms with Crippen LogP contribution in [0.15, 0.2) is 47.5 Å². The Morgan fingerprint density at radius 1 is 1.02 bits per heavy atom. The Kier molecular flexibility index (Phi) is 10.3. The highest BCUT2D eigenvalue weighted by molar-refractivity contribution is 6.16. The molecule has 2 aromatic rings. The molecule has 1 fully saturated rings. The average Bonchev–Trinajstić information content (AvgIpc) is 3.78. The van der Waals surface area contributed by atoms with Crippen LogP contribution in [0.5, 0.6) is 0 Å². The average molecular weight is 655 g/mol. The lowest BCUT2D eigenvalue weighted by atomic mass is 9.83. The molecule has 1 aliphatic carbocycles. The van der Waals surface area contributed by atoms with E-state index in [2.05, 4.69) is 10.3 Å². The SMILES string of the molecule is CC(C)(C)OC(=O)[C@@H](CC1CC1)[C@@H](CCC(F)(F)F)C(=O)N[C@@H]1N=C(c2cccc(C(F)(F)F)c2)c2cccc(CO)c2CC1=O. The molecule has 0 spiro atoms. The lowest BCUT2D eigenvalue weighted by Gasteiger charge is -2.29. The van der Waals surface area contributed by atoms with E-state index in [-0.39, 0.29) is 41.2 Å². The van der Waals surface area contributed by atoms with Gasteiger partial charge in [0.2, 0.25) is 5.91 Å². The van der Waals surface area contributed by atoms with Gasteiger partial charge in [-0.3, -0.25) is 19.4 Å². The van der Waals surface area contributed by atoms with Crippen LogP contribution in [0, 0.1) is 17.8 Å². The number of benzene rings is 2. The number of aliphatic imine (C=N–C) groups is 1. The third kappa shape index (κ3) is 9.17. The van der Waals surface area contributed by atoms with Gasteiger partial charge < -0.3 is 15.2 Å². The Morgan fingerprint density at radius 2 is 1.70 bits per heavy atom. The largest absolute Gasteiger partial charge is 0.460 e. The fourth-order valence-electron chi connectivity index (χ4n) is 5.53. The quantitative estimate of drug-likeness (QED) is 0.231. The van der Waals surface area contributed by atoms with Crippen LogP contribution in [-0.2, 0) is 38.3 Å². The number of nitrogens with zero attached hydrogens (tertiary/aromatic N) is 1. The van der Waals surface area contributed by atoms with Crippen molar-refractivity contribution in [3.8, 4) is 0 Å². The zero-order valence-electron chi connectivity index (χ0n) is 25.6. The molecule has 46 heavy (non-hydrogen) atoms. The number of fused-ring (bicyclic) bond motifs is 1. The summed E-state index contributed by atoms with van der Waals surface area (Å²) in [5, 5.41) is 12.4. The van der Waals surface area contributed by atoms with Crippen molar-refractivity contribution in [1.29, 1.82) is 0 Å². The van der Waals surface area contributed by atoms with E-state index in [9.17, 15) is 45.8 Å². The van der Waals surface area contributed by atoms with Gasteiger partial charge in [-0.2, -0.15) is 26.3 Å². The van der Waals surface area contributed by atoms with Gasteiger partial charge in [0.1, 0.15) is 5.60 Å². The monoisotopic (exact) mass is 654 g/mol. The number of carbonyl (C=O) groups is 3. The van der Waals surface area contributed by atoms with E-state index >= 15 is 0 Å². The summed E-state index contributed by atoms with van der Waals surface area (Å²) in [5.74, 6) is -5.31. The molecule has 2 aliphatic rings. The van der Waals surface area contributed by atoms with Crippen molar-refractivity contribution in [3.05, 3.63) is 70.3 Å². The Labute approximate surface area is 262 Å². The maximum atomic E-state index is 13.8. The fraction of sp³-hybridized carbons (Fsp3) is 0.515. The van der Waals surface area contributed by atoms with Gasteiger partial charge in [-0.15, -0.1) is 0 Å². The number of esters is 1. The molecular weight excluding hydrogens is 618 g/mol. The molecule has 0 unspecified atom stereocenters. The summed E-state index contributed by atoms with van der Waals surface area (Å²) >= 11 is 0. The number of ketones is 1. The van der Waals surface area contributed by atoms with Crippen LogP contribution in [0.1, 0.15) is 80.7 Å². The predicted octanol–water partition coefficient (Wildman–Crippen LogP) is 6.32. The van der Waals surface area contributed by atoms with E-state index in [4.69, 9.17) is 4.74 Å². The third-order valence-electron chi connectivity index (χ3n) is 7.91. The lowest BCUT2D eigenvalue weighted by Crippen LogP contribution is -2.47. The van der Waals surface area contributed by atoms with Gasteiger partial charge in [-0.1, -0.05) is 43.2 Å². The zero-order valence-corrected chi connectivity index (χ0v) is 25.6. The second-order valence-corrected chi connectivity index (χ2v) is 12.8. The molecule has 250 valence electrons. The molecule has 1 saturated carbocycles. The summed E-state index contributed by atoms with van der Waals surface area (Å²) in [6, 6.07) is 8.79. The summed E-state index contributed by atoms with van der Waals surface area (Å²) in [6.07, 6.45) is -12.0. The molecule has 1 aliphatic heterocycles.